The molecule has 2 atom stereocenters. The van der Waals surface area contributed by atoms with Crippen LogP contribution in [0.4, 0.5) is 0 Å². The molecule has 21 heavy (non-hydrogen) atoms. The minimum absolute atomic E-state index is 0.0731. The van der Waals surface area contributed by atoms with Crippen LogP contribution < -0.4 is 5.73 Å². The summed E-state index contributed by atoms with van der Waals surface area (Å²) < 4.78 is 1.27. The van der Waals surface area contributed by atoms with E-state index >= 15 is 0 Å². The molecule has 4 rings (SSSR count). The lowest BCUT2D eigenvalue weighted by Crippen LogP contribution is -2.26. The Morgan fingerprint density at radius 2 is 1.90 bits per heavy atom. The Kier molecular flexibility index (Phi) is 2.89. The van der Waals surface area contributed by atoms with Gasteiger partial charge < -0.3 is 10.8 Å². The summed E-state index contributed by atoms with van der Waals surface area (Å²) in [5.41, 5.74) is 8.65. The molecule has 2 unspecified atom stereocenters. The van der Waals surface area contributed by atoms with E-state index in [2.05, 4.69) is 29.6 Å². The molecule has 1 heterocycles. The molecule has 1 aromatic heterocycles. The van der Waals surface area contributed by atoms with Gasteiger partial charge >= 0.3 is 0 Å². The molecule has 3 heteroatoms. The predicted molar refractivity (Wildman–Crippen MR) is 87.4 cm³/mol. The molecule has 0 bridgehead atoms. The van der Waals surface area contributed by atoms with Gasteiger partial charge in [-0.15, -0.1) is 11.3 Å². The quantitative estimate of drug-likeness (QED) is 0.756. The second-order valence-electron chi connectivity index (χ2n) is 5.86. The third-order valence-corrected chi connectivity index (χ3v) is 5.48. The molecule has 1 aliphatic carbocycles. The average molecular weight is 295 g/mol. The van der Waals surface area contributed by atoms with Crippen molar-refractivity contribution in [1.82, 2.24) is 0 Å². The number of hydrogen-bond donors (Lipinski definition) is 2. The molecule has 2 aromatic carbocycles. The molecular weight excluding hydrogens is 278 g/mol. The topological polar surface area (TPSA) is 46.2 Å². The highest BCUT2D eigenvalue weighted by Crippen LogP contribution is 2.45. The van der Waals surface area contributed by atoms with Gasteiger partial charge in [-0.1, -0.05) is 42.5 Å². The highest BCUT2D eigenvalue weighted by molar-refractivity contribution is 7.17. The summed E-state index contributed by atoms with van der Waals surface area (Å²) in [6, 6.07) is 16.3. The van der Waals surface area contributed by atoms with Crippen LogP contribution in [-0.2, 0) is 12.0 Å². The third kappa shape index (κ3) is 2.01. The fourth-order valence-electron chi connectivity index (χ4n) is 3.48. The van der Waals surface area contributed by atoms with Crippen LogP contribution in [0.1, 0.15) is 29.2 Å². The first kappa shape index (κ1) is 13.0. The van der Waals surface area contributed by atoms with Gasteiger partial charge in [0, 0.05) is 17.2 Å². The smallest absolute Gasteiger partial charge is 0.0958 e. The van der Waals surface area contributed by atoms with Crippen LogP contribution in [0.25, 0.3) is 10.1 Å². The lowest BCUT2D eigenvalue weighted by molar-refractivity contribution is 0.0346. The predicted octanol–water partition coefficient (Wildman–Crippen LogP) is 3.74. The second kappa shape index (κ2) is 4.67. The molecule has 0 saturated carbocycles. The summed E-state index contributed by atoms with van der Waals surface area (Å²) in [4.78, 5) is 0. The molecule has 0 saturated heterocycles. The van der Waals surface area contributed by atoms with E-state index in [4.69, 9.17) is 5.73 Å². The van der Waals surface area contributed by atoms with Crippen LogP contribution >= 0.6 is 11.3 Å². The van der Waals surface area contributed by atoms with E-state index in [9.17, 15) is 5.11 Å². The normalized spacial score (nSPS) is 24.4. The molecule has 2 nitrogen and oxygen atoms in total. The second-order valence-corrected chi connectivity index (χ2v) is 6.77. The third-order valence-electron chi connectivity index (χ3n) is 4.46. The number of rotatable bonds is 2. The van der Waals surface area contributed by atoms with E-state index in [0.29, 0.717) is 12.8 Å². The van der Waals surface area contributed by atoms with Gasteiger partial charge in [-0.05, 0) is 39.9 Å². The van der Waals surface area contributed by atoms with E-state index < -0.39 is 5.60 Å². The van der Waals surface area contributed by atoms with Gasteiger partial charge in [0.05, 0.1) is 5.60 Å². The number of thiophene rings is 1. The zero-order valence-electron chi connectivity index (χ0n) is 11.6. The fraction of sp³-hybridized carbons (Fsp3) is 0.222. The molecular formula is C18H17NOS. The largest absolute Gasteiger partial charge is 0.385 e. The van der Waals surface area contributed by atoms with Crippen molar-refractivity contribution >= 4 is 21.4 Å². The van der Waals surface area contributed by atoms with Crippen molar-refractivity contribution in [2.75, 3.05) is 0 Å². The van der Waals surface area contributed by atoms with Gasteiger partial charge in [-0.2, -0.15) is 0 Å². The minimum Gasteiger partial charge on any atom is -0.385 e. The Balaban J connectivity index is 1.78. The average Bonchev–Trinajstić information content (AvgIpc) is 3.01. The lowest BCUT2D eigenvalue weighted by atomic mass is 9.88. The summed E-state index contributed by atoms with van der Waals surface area (Å²) in [5, 5.41) is 14.6. The summed E-state index contributed by atoms with van der Waals surface area (Å²) in [6.45, 7) is 0. The first-order valence-corrected chi connectivity index (χ1v) is 8.08. The van der Waals surface area contributed by atoms with Gasteiger partial charge in [0.1, 0.15) is 0 Å². The Morgan fingerprint density at radius 3 is 2.81 bits per heavy atom. The first-order chi connectivity index (χ1) is 10.2. The van der Waals surface area contributed by atoms with Crippen LogP contribution in [0.15, 0.2) is 53.9 Å². The number of nitrogens with two attached hydrogens (primary N) is 1. The van der Waals surface area contributed by atoms with Crippen LogP contribution in [0, 0.1) is 0 Å². The maximum absolute atomic E-state index is 11.2. The van der Waals surface area contributed by atoms with Gasteiger partial charge in [-0.3, -0.25) is 0 Å². The van der Waals surface area contributed by atoms with Crippen molar-refractivity contribution in [1.29, 1.82) is 0 Å². The van der Waals surface area contributed by atoms with Crippen molar-refractivity contribution in [2.24, 2.45) is 5.73 Å². The molecule has 3 N–H and O–H groups in total. The van der Waals surface area contributed by atoms with Gasteiger partial charge in [0.25, 0.3) is 0 Å². The van der Waals surface area contributed by atoms with E-state index in [0.717, 1.165) is 11.1 Å². The van der Waals surface area contributed by atoms with Crippen molar-refractivity contribution in [3.05, 3.63) is 70.6 Å². The van der Waals surface area contributed by atoms with Crippen LogP contribution in [0.2, 0.25) is 0 Å². The highest BCUT2D eigenvalue weighted by Gasteiger charge is 2.41. The molecule has 0 amide bonds. The molecule has 0 radical (unpaired) electrons. The van der Waals surface area contributed by atoms with Gasteiger partial charge in [-0.25, -0.2) is 0 Å². The molecule has 106 valence electrons. The Labute approximate surface area is 127 Å². The highest BCUT2D eigenvalue weighted by atomic mass is 32.1. The zero-order chi connectivity index (χ0) is 14.4. The van der Waals surface area contributed by atoms with E-state index in [1.807, 2.05) is 24.3 Å². The Morgan fingerprint density at radius 1 is 1.14 bits per heavy atom. The van der Waals surface area contributed by atoms with Crippen molar-refractivity contribution in [2.45, 2.75) is 24.5 Å². The molecule has 1 aliphatic rings. The SMILES string of the molecule is NC1CC(O)(Cc2csc3ccccc23)c2ccccc21. The molecule has 0 aliphatic heterocycles. The number of benzene rings is 2. The van der Waals surface area contributed by atoms with Crippen LogP contribution in [0.3, 0.4) is 0 Å². The maximum Gasteiger partial charge on any atom is 0.0958 e. The van der Waals surface area contributed by atoms with E-state index in [1.165, 1.54) is 15.6 Å². The van der Waals surface area contributed by atoms with Crippen molar-refractivity contribution < 1.29 is 5.11 Å². The van der Waals surface area contributed by atoms with Crippen LogP contribution in [0.5, 0.6) is 0 Å². The van der Waals surface area contributed by atoms with Gasteiger partial charge in [0.2, 0.25) is 0 Å². The Bertz CT molecular complexity index is 810. The summed E-state index contributed by atoms with van der Waals surface area (Å²) in [6.07, 6.45) is 1.22. The standard InChI is InChI=1S/C18H17NOS/c19-16-10-18(20,15-7-3-1-6-14(15)16)9-12-11-21-17-8-4-2-5-13(12)17/h1-8,11,16,20H,9-10,19H2. The monoisotopic (exact) mass is 295 g/mol. The van der Waals surface area contributed by atoms with E-state index in [-0.39, 0.29) is 6.04 Å². The first-order valence-electron chi connectivity index (χ1n) is 7.20. The van der Waals surface area contributed by atoms with Crippen molar-refractivity contribution in [3.8, 4) is 0 Å². The van der Waals surface area contributed by atoms with Crippen molar-refractivity contribution in [3.63, 3.8) is 0 Å². The summed E-state index contributed by atoms with van der Waals surface area (Å²) in [5.74, 6) is 0. The number of aliphatic hydroxyl groups is 1. The number of hydrogen-bond acceptors (Lipinski definition) is 3. The minimum atomic E-state index is -0.847. The summed E-state index contributed by atoms with van der Waals surface area (Å²) >= 11 is 1.74. The van der Waals surface area contributed by atoms with E-state index in [1.54, 1.807) is 11.3 Å². The maximum atomic E-state index is 11.2. The molecule has 3 aromatic rings. The molecule has 0 spiro atoms. The van der Waals surface area contributed by atoms with Crippen LogP contribution in [-0.4, -0.2) is 5.11 Å². The van der Waals surface area contributed by atoms with Gasteiger partial charge in [0.15, 0.2) is 0 Å². The molecule has 0 fully saturated rings. The fourth-order valence-corrected chi connectivity index (χ4v) is 4.44. The summed E-state index contributed by atoms with van der Waals surface area (Å²) in [7, 11) is 0. The lowest BCUT2D eigenvalue weighted by Gasteiger charge is -2.24. The zero-order valence-corrected chi connectivity index (χ0v) is 12.4. The Hall–Kier alpha value is -1.68. The number of fused-ring (bicyclic) bond motifs is 2.